The molecule has 0 heterocycles. The van der Waals surface area contributed by atoms with E-state index in [1.165, 1.54) is 25.7 Å². The minimum Gasteiger partial charge on any atom is -0.395 e. The van der Waals surface area contributed by atoms with Gasteiger partial charge in [0.1, 0.15) is 0 Å². The minimum absolute atomic E-state index is 0.000587. The van der Waals surface area contributed by atoms with Gasteiger partial charge in [-0.15, -0.1) is 0 Å². The molecular weight excluding hydrogens is 402 g/mol. The lowest BCUT2D eigenvalue weighted by Crippen LogP contribution is -2.25. The molecule has 0 aliphatic rings. The fraction of sp³-hybridized carbons (Fsp3) is 0.609. The zero-order valence-electron chi connectivity index (χ0n) is 16.9. The summed E-state index contributed by atoms with van der Waals surface area (Å²) in [6.45, 7) is 2.57. The summed E-state index contributed by atoms with van der Waals surface area (Å²) >= 11 is 3.46. The van der Waals surface area contributed by atoms with Crippen LogP contribution in [0.4, 0.5) is 0 Å². The van der Waals surface area contributed by atoms with E-state index in [1.807, 2.05) is 0 Å². The third-order valence-electron chi connectivity index (χ3n) is 3.97. The number of aliphatic hydroxyl groups excluding tert-OH is 1. The van der Waals surface area contributed by atoms with Gasteiger partial charge >= 0.3 is 0 Å². The van der Waals surface area contributed by atoms with Gasteiger partial charge in [0.05, 0.1) is 6.61 Å². The second-order valence-electron chi connectivity index (χ2n) is 6.63. The van der Waals surface area contributed by atoms with E-state index in [4.69, 9.17) is 5.11 Å². The van der Waals surface area contributed by atoms with Gasteiger partial charge in [0.15, 0.2) is 0 Å². The first-order valence-corrected chi connectivity index (χ1v) is 11.4. The lowest BCUT2D eigenvalue weighted by Gasteiger charge is -2.00. The van der Waals surface area contributed by atoms with E-state index in [2.05, 4.69) is 76.8 Å². The SMILES string of the molecule is CC(/C=C\C/C=C\C/C=C\CCCC(=O)NCCO)/C=C\CCCCCBr. The van der Waals surface area contributed by atoms with Gasteiger partial charge in [-0.3, -0.25) is 4.79 Å². The van der Waals surface area contributed by atoms with Gasteiger partial charge in [-0.2, -0.15) is 0 Å². The van der Waals surface area contributed by atoms with E-state index < -0.39 is 0 Å². The largest absolute Gasteiger partial charge is 0.395 e. The number of hydrogen-bond donors (Lipinski definition) is 2. The standard InChI is InChI=1S/C23H38BrNO2/c1-22(17-13-9-7-11-15-19-24)16-12-8-5-3-2-4-6-10-14-18-23(27)25-20-21-26/h3-6,12-13,16-17,22,26H,2,7-11,14-15,18-21H2,1H3,(H,25,27)/b5-3-,6-4-,16-12-,17-13-. The smallest absolute Gasteiger partial charge is 0.220 e. The Balaban J connectivity index is 3.60. The zero-order valence-corrected chi connectivity index (χ0v) is 18.5. The van der Waals surface area contributed by atoms with Gasteiger partial charge in [-0.1, -0.05) is 77.9 Å². The predicted octanol–water partition coefficient (Wildman–Crippen LogP) is 5.86. The molecule has 0 aliphatic heterocycles. The summed E-state index contributed by atoms with van der Waals surface area (Å²) < 4.78 is 0. The molecule has 1 unspecified atom stereocenters. The molecular formula is C23H38BrNO2. The summed E-state index contributed by atoms with van der Waals surface area (Å²) in [5.74, 6) is 0.520. The van der Waals surface area contributed by atoms with Crippen LogP contribution in [0.3, 0.4) is 0 Å². The number of carbonyl (C=O) groups is 1. The first-order chi connectivity index (χ1) is 13.2. The van der Waals surface area contributed by atoms with Gasteiger partial charge in [-0.05, 0) is 50.9 Å². The highest BCUT2D eigenvalue weighted by Crippen LogP contribution is 2.06. The molecule has 27 heavy (non-hydrogen) atoms. The maximum atomic E-state index is 11.3. The van der Waals surface area contributed by atoms with Crippen LogP contribution in [0.2, 0.25) is 0 Å². The molecule has 0 aromatic carbocycles. The van der Waals surface area contributed by atoms with Crippen molar-refractivity contribution in [2.24, 2.45) is 5.92 Å². The van der Waals surface area contributed by atoms with Gasteiger partial charge < -0.3 is 10.4 Å². The molecule has 0 bridgehead atoms. The summed E-state index contributed by atoms with van der Waals surface area (Å²) in [7, 11) is 0. The van der Waals surface area contributed by atoms with Crippen molar-refractivity contribution in [3.8, 4) is 0 Å². The lowest BCUT2D eigenvalue weighted by molar-refractivity contribution is -0.121. The molecule has 154 valence electrons. The number of alkyl halides is 1. The molecule has 0 rings (SSSR count). The van der Waals surface area contributed by atoms with Crippen LogP contribution < -0.4 is 5.32 Å². The highest BCUT2D eigenvalue weighted by Gasteiger charge is 1.97. The molecule has 1 amide bonds. The molecule has 0 aromatic heterocycles. The molecule has 2 N–H and O–H groups in total. The third-order valence-corrected chi connectivity index (χ3v) is 4.53. The number of halogens is 1. The van der Waals surface area contributed by atoms with Crippen molar-refractivity contribution in [1.82, 2.24) is 5.32 Å². The number of carbonyl (C=O) groups excluding carboxylic acids is 1. The van der Waals surface area contributed by atoms with E-state index in [9.17, 15) is 4.79 Å². The van der Waals surface area contributed by atoms with Crippen molar-refractivity contribution in [2.45, 2.75) is 64.7 Å². The van der Waals surface area contributed by atoms with Crippen LogP contribution in [0, 0.1) is 5.92 Å². The monoisotopic (exact) mass is 439 g/mol. The Labute approximate surface area is 174 Å². The summed E-state index contributed by atoms with van der Waals surface area (Å²) in [4.78, 5) is 11.3. The van der Waals surface area contributed by atoms with E-state index in [0.717, 1.165) is 31.0 Å². The summed E-state index contributed by atoms with van der Waals surface area (Å²) in [5, 5.41) is 12.4. The lowest BCUT2D eigenvalue weighted by atomic mass is 10.1. The summed E-state index contributed by atoms with van der Waals surface area (Å²) in [6, 6.07) is 0. The Morgan fingerprint density at radius 3 is 2.33 bits per heavy atom. The molecule has 0 spiro atoms. The highest BCUT2D eigenvalue weighted by atomic mass is 79.9. The van der Waals surface area contributed by atoms with E-state index in [1.54, 1.807) is 0 Å². The van der Waals surface area contributed by atoms with Gasteiger partial charge in [0, 0.05) is 18.3 Å². The van der Waals surface area contributed by atoms with E-state index in [0.29, 0.717) is 18.9 Å². The average molecular weight is 440 g/mol. The first-order valence-electron chi connectivity index (χ1n) is 10.3. The third kappa shape index (κ3) is 21.0. The Kier molecular flexibility index (Phi) is 20.3. The number of amides is 1. The summed E-state index contributed by atoms with van der Waals surface area (Å²) in [5.41, 5.74) is 0. The van der Waals surface area contributed by atoms with Crippen molar-refractivity contribution in [3.05, 3.63) is 48.6 Å². The predicted molar refractivity (Wildman–Crippen MR) is 121 cm³/mol. The Morgan fingerprint density at radius 2 is 1.59 bits per heavy atom. The van der Waals surface area contributed by atoms with Gasteiger partial charge in [0.2, 0.25) is 5.91 Å². The number of rotatable bonds is 17. The maximum absolute atomic E-state index is 11.3. The maximum Gasteiger partial charge on any atom is 0.220 e. The number of unbranched alkanes of at least 4 members (excludes halogenated alkanes) is 4. The van der Waals surface area contributed by atoms with Crippen LogP contribution in [0.15, 0.2) is 48.6 Å². The molecule has 3 nitrogen and oxygen atoms in total. The molecule has 0 saturated carbocycles. The van der Waals surface area contributed by atoms with Crippen molar-refractivity contribution in [3.63, 3.8) is 0 Å². The number of allylic oxidation sites excluding steroid dienone is 8. The fourth-order valence-corrected chi connectivity index (χ4v) is 2.83. The zero-order chi connectivity index (χ0) is 20.0. The number of aliphatic hydroxyl groups is 1. The molecule has 0 fully saturated rings. The fourth-order valence-electron chi connectivity index (χ4n) is 2.43. The quantitative estimate of drug-likeness (QED) is 0.169. The van der Waals surface area contributed by atoms with Crippen LogP contribution in [-0.4, -0.2) is 29.5 Å². The molecule has 4 heteroatoms. The van der Waals surface area contributed by atoms with Gasteiger partial charge in [0.25, 0.3) is 0 Å². The Morgan fingerprint density at radius 1 is 0.926 bits per heavy atom. The molecule has 0 radical (unpaired) electrons. The van der Waals surface area contributed by atoms with Crippen LogP contribution in [0.5, 0.6) is 0 Å². The Bertz CT molecular complexity index is 455. The molecule has 1 atom stereocenters. The van der Waals surface area contributed by atoms with Crippen LogP contribution in [0.25, 0.3) is 0 Å². The second kappa shape index (κ2) is 21.2. The minimum atomic E-state index is 0.000587. The topological polar surface area (TPSA) is 49.3 Å². The number of hydrogen-bond acceptors (Lipinski definition) is 2. The van der Waals surface area contributed by atoms with Crippen LogP contribution in [0.1, 0.15) is 64.7 Å². The molecule has 0 saturated heterocycles. The van der Waals surface area contributed by atoms with Crippen LogP contribution in [-0.2, 0) is 4.79 Å². The van der Waals surface area contributed by atoms with E-state index in [-0.39, 0.29) is 12.5 Å². The second-order valence-corrected chi connectivity index (χ2v) is 7.43. The average Bonchev–Trinajstić information content (AvgIpc) is 2.67. The van der Waals surface area contributed by atoms with E-state index >= 15 is 0 Å². The first kappa shape index (κ1) is 25.9. The van der Waals surface area contributed by atoms with Crippen LogP contribution >= 0.6 is 15.9 Å². The van der Waals surface area contributed by atoms with Gasteiger partial charge in [-0.25, -0.2) is 0 Å². The highest BCUT2D eigenvalue weighted by molar-refractivity contribution is 9.09. The Hall–Kier alpha value is -1.13. The van der Waals surface area contributed by atoms with Crippen molar-refractivity contribution >= 4 is 21.8 Å². The van der Waals surface area contributed by atoms with Crippen molar-refractivity contribution in [1.29, 1.82) is 0 Å². The number of nitrogens with one attached hydrogen (secondary N) is 1. The van der Waals surface area contributed by atoms with Crippen molar-refractivity contribution < 1.29 is 9.90 Å². The molecule has 0 aromatic rings. The molecule has 0 aliphatic carbocycles. The van der Waals surface area contributed by atoms with Crippen molar-refractivity contribution in [2.75, 3.05) is 18.5 Å². The summed E-state index contributed by atoms with van der Waals surface area (Å²) in [6.07, 6.45) is 27.0. The normalized spacial score (nSPS) is 13.4.